The molecule has 3 rings (SSSR count). The van der Waals surface area contributed by atoms with Crippen LogP contribution in [0.25, 0.3) is 5.69 Å². The van der Waals surface area contributed by atoms with Gasteiger partial charge in [-0.2, -0.15) is 0 Å². The lowest BCUT2D eigenvalue weighted by atomic mass is 10.3. The lowest BCUT2D eigenvalue weighted by molar-refractivity contribution is -0.159. The highest BCUT2D eigenvalue weighted by Crippen LogP contribution is 2.18. The zero-order valence-electron chi connectivity index (χ0n) is 18.2. The van der Waals surface area contributed by atoms with E-state index in [0.717, 1.165) is 0 Å². The van der Waals surface area contributed by atoms with Crippen molar-refractivity contribution in [3.63, 3.8) is 0 Å². The van der Waals surface area contributed by atoms with Crippen molar-refractivity contribution in [1.82, 2.24) is 9.36 Å². The Balaban J connectivity index is 1.67. The average Bonchev–Trinajstić information content (AvgIpc) is 2.98. The number of carbonyl (C=O) groups excluding carboxylic acids is 2. The number of nitrogens with one attached hydrogen (secondary N) is 1. The van der Waals surface area contributed by atoms with E-state index in [0.29, 0.717) is 22.2 Å². The van der Waals surface area contributed by atoms with Gasteiger partial charge in [-0.15, -0.1) is 0 Å². The predicted octanol–water partition coefficient (Wildman–Crippen LogP) is 3.48. The molecule has 2 unspecified atom stereocenters. The van der Waals surface area contributed by atoms with E-state index in [1.54, 1.807) is 55.1 Å². The van der Waals surface area contributed by atoms with Crippen LogP contribution < -0.4 is 15.6 Å². The van der Waals surface area contributed by atoms with Gasteiger partial charge < -0.3 is 14.8 Å². The van der Waals surface area contributed by atoms with E-state index in [9.17, 15) is 14.4 Å². The third-order valence-corrected chi connectivity index (χ3v) is 5.17. The van der Waals surface area contributed by atoms with Crippen molar-refractivity contribution in [3.05, 3.63) is 75.7 Å². The van der Waals surface area contributed by atoms with Crippen LogP contribution in [0.2, 0.25) is 5.02 Å². The Morgan fingerprint density at radius 1 is 1.00 bits per heavy atom. The third kappa shape index (κ3) is 5.03. The monoisotopic (exact) mass is 457 g/mol. The fourth-order valence-electron chi connectivity index (χ4n) is 3.03. The molecule has 32 heavy (non-hydrogen) atoms. The molecule has 3 aromatic rings. The van der Waals surface area contributed by atoms with Crippen LogP contribution in [0.1, 0.15) is 19.5 Å². The van der Waals surface area contributed by atoms with E-state index in [1.807, 2.05) is 18.2 Å². The minimum absolute atomic E-state index is 0.120. The third-order valence-electron chi connectivity index (χ3n) is 4.92. The van der Waals surface area contributed by atoms with Gasteiger partial charge in [-0.3, -0.25) is 14.3 Å². The standard InChI is InChI=1S/C23H24ClN3O5/c1-14-20(22(29)27(26(14)4)18-8-6-5-7-9-18)25-21(28)15(2)32-23(30)16(3)31-19-12-10-17(24)11-13-19/h5-13,15-16H,1-4H3,(H,25,28). The molecule has 0 aliphatic heterocycles. The summed E-state index contributed by atoms with van der Waals surface area (Å²) in [4.78, 5) is 37.9. The highest BCUT2D eigenvalue weighted by molar-refractivity contribution is 6.30. The Morgan fingerprint density at radius 3 is 2.25 bits per heavy atom. The summed E-state index contributed by atoms with van der Waals surface area (Å²) < 4.78 is 13.8. The van der Waals surface area contributed by atoms with Crippen LogP contribution in [0.3, 0.4) is 0 Å². The van der Waals surface area contributed by atoms with Crippen LogP contribution in [-0.4, -0.2) is 33.4 Å². The number of anilines is 1. The van der Waals surface area contributed by atoms with E-state index < -0.39 is 24.1 Å². The Bertz CT molecular complexity index is 1170. The summed E-state index contributed by atoms with van der Waals surface area (Å²) in [5, 5.41) is 3.13. The number of hydrogen-bond donors (Lipinski definition) is 1. The van der Waals surface area contributed by atoms with E-state index >= 15 is 0 Å². The molecule has 0 aliphatic carbocycles. The number of halogens is 1. The van der Waals surface area contributed by atoms with Crippen molar-refractivity contribution >= 4 is 29.2 Å². The molecule has 0 fully saturated rings. The maximum atomic E-state index is 12.9. The quantitative estimate of drug-likeness (QED) is 0.548. The van der Waals surface area contributed by atoms with Crippen molar-refractivity contribution in [3.8, 4) is 11.4 Å². The molecule has 8 nitrogen and oxygen atoms in total. The average molecular weight is 458 g/mol. The molecular formula is C23H24ClN3O5. The van der Waals surface area contributed by atoms with Gasteiger partial charge in [-0.05, 0) is 57.2 Å². The zero-order valence-corrected chi connectivity index (χ0v) is 18.9. The smallest absolute Gasteiger partial charge is 0.347 e. The molecule has 1 amide bonds. The van der Waals surface area contributed by atoms with Gasteiger partial charge >= 0.3 is 5.97 Å². The Labute approximate surface area is 190 Å². The van der Waals surface area contributed by atoms with Gasteiger partial charge in [0.15, 0.2) is 12.2 Å². The normalized spacial score (nSPS) is 12.7. The van der Waals surface area contributed by atoms with Gasteiger partial charge in [-0.1, -0.05) is 29.8 Å². The Morgan fingerprint density at radius 2 is 1.62 bits per heavy atom. The first-order valence-electron chi connectivity index (χ1n) is 9.96. The topological polar surface area (TPSA) is 91.6 Å². The van der Waals surface area contributed by atoms with Crippen molar-refractivity contribution < 1.29 is 19.1 Å². The molecule has 168 valence electrons. The number of hydrogen-bond acceptors (Lipinski definition) is 5. The van der Waals surface area contributed by atoms with E-state index in [2.05, 4.69) is 5.32 Å². The molecule has 0 bridgehead atoms. The lowest BCUT2D eigenvalue weighted by Crippen LogP contribution is -2.36. The summed E-state index contributed by atoms with van der Waals surface area (Å²) in [6.07, 6.45) is -2.08. The zero-order chi connectivity index (χ0) is 23.4. The highest BCUT2D eigenvalue weighted by atomic mass is 35.5. The number of esters is 1. The fraction of sp³-hybridized carbons (Fsp3) is 0.261. The van der Waals surface area contributed by atoms with Crippen molar-refractivity contribution in [2.45, 2.75) is 33.0 Å². The first kappa shape index (κ1) is 23.1. The first-order chi connectivity index (χ1) is 15.2. The van der Waals surface area contributed by atoms with Gasteiger partial charge in [0, 0.05) is 12.1 Å². The van der Waals surface area contributed by atoms with Crippen LogP contribution in [0.4, 0.5) is 5.69 Å². The van der Waals surface area contributed by atoms with E-state index in [4.69, 9.17) is 21.1 Å². The van der Waals surface area contributed by atoms with Crippen LogP contribution in [0.15, 0.2) is 59.4 Å². The number of amides is 1. The Kier molecular flexibility index (Phi) is 7.05. The van der Waals surface area contributed by atoms with Crippen LogP contribution in [0, 0.1) is 6.92 Å². The molecule has 1 aromatic heterocycles. The molecule has 0 aliphatic rings. The molecule has 9 heteroatoms. The molecule has 2 atom stereocenters. The van der Waals surface area contributed by atoms with E-state index in [-0.39, 0.29) is 11.2 Å². The number of aromatic nitrogens is 2. The van der Waals surface area contributed by atoms with Gasteiger partial charge in [0.2, 0.25) is 0 Å². The van der Waals surface area contributed by atoms with Crippen molar-refractivity contribution in [2.75, 3.05) is 5.32 Å². The molecule has 1 N–H and O–H groups in total. The molecule has 0 radical (unpaired) electrons. The van der Waals surface area contributed by atoms with Gasteiger partial charge in [-0.25, -0.2) is 9.48 Å². The second-order valence-electron chi connectivity index (χ2n) is 7.22. The minimum atomic E-state index is -1.14. The Hall–Kier alpha value is -3.52. The highest BCUT2D eigenvalue weighted by Gasteiger charge is 2.26. The number of ether oxygens (including phenoxy) is 2. The van der Waals surface area contributed by atoms with Crippen LogP contribution in [0.5, 0.6) is 5.75 Å². The van der Waals surface area contributed by atoms with Gasteiger partial charge in [0.1, 0.15) is 11.4 Å². The van der Waals surface area contributed by atoms with Crippen molar-refractivity contribution in [1.29, 1.82) is 0 Å². The number of carbonyl (C=O) groups is 2. The van der Waals surface area contributed by atoms with Crippen LogP contribution >= 0.6 is 11.6 Å². The summed E-state index contributed by atoms with van der Waals surface area (Å²) in [7, 11) is 1.72. The molecule has 0 spiro atoms. The van der Waals surface area contributed by atoms with Crippen molar-refractivity contribution in [2.24, 2.45) is 7.05 Å². The number of benzene rings is 2. The van der Waals surface area contributed by atoms with E-state index in [1.165, 1.54) is 18.5 Å². The summed E-state index contributed by atoms with van der Waals surface area (Å²) in [6, 6.07) is 15.6. The first-order valence-corrected chi connectivity index (χ1v) is 10.3. The molecule has 1 heterocycles. The van der Waals surface area contributed by atoms with Crippen LogP contribution in [-0.2, 0) is 21.4 Å². The SMILES string of the molecule is Cc1c(NC(=O)C(C)OC(=O)C(C)Oc2ccc(Cl)cc2)c(=O)n(-c2ccccc2)n1C. The summed E-state index contributed by atoms with van der Waals surface area (Å²) in [6.45, 7) is 4.66. The lowest BCUT2D eigenvalue weighted by Gasteiger charge is -2.17. The maximum absolute atomic E-state index is 12.9. The number of nitrogens with zero attached hydrogens (tertiary/aromatic N) is 2. The molecule has 0 saturated carbocycles. The summed E-state index contributed by atoms with van der Waals surface area (Å²) in [5.41, 5.74) is 0.957. The summed E-state index contributed by atoms with van der Waals surface area (Å²) >= 11 is 5.83. The number of rotatable bonds is 7. The molecular weight excluding hydrogens is 434 g/mol. The molecule has 2 aromatic carbocycles. The molecule has 0 saturated heterocycles. The second-order valence-corrected chi connectivity index (χ2v) is 7.66. The van der Waals surface area contributed by atoms with Gasteiger partial charge in [0.25, 0.3) is 11.5 Å². The fourth-order valence-corrected chi connectivity index (χ4v) is 3.15. The largest absolute Gasteiger partial charge is 0.479 e. The minimum Gasteiger partial charge on any atom is -0.479 e. The van der Waals surface area contributed by atoms with Gasteiger partial charge in [0.05, 0.1) is 11.4 Å². The predicted molar refractivity (Wildman–Crippen MR) is 121 cm³/mol. The maximum Gasteiger partial charge on any atom is 0.347 e. The second kappa shape index (κ2) is 9.74. The summed E-state index contributed by atoms with van der Waals surface area (Å²) in [5.74, 6) is -0.894. The number of para-hydroxylation sites is 1.